The molecule has 5 nitrogen and oxygen atoms in total. The molecule has 5 heteroatoms. The summed E-state index contributed by atoms with van der Waals surface area (Å²) in [6.45, 7) is 0.433. The van der Waals surface area contributed by atoms with Crippen LogP contribution in [0.5, 0.6) is 5.75 Å². The van der Waals surface area contributed by atoms with Gasteiger partial charge < -0.3 is 15.0 Å². The van der Waals surface area contributed by atoms with Gasteiger partial charge in [-0.2, -0.15) is 0 Å². The number of para-hydroxylation sites is 2. The Morgan fingerprint density at radius 1 is 1.12 bits per heavy atom. The highest BCUT2D eigenvalue weighted by Gasteiger charge is 2.33. The number of carbonyl (C=O) groups excluding carboxylic acids is 2. The van der Waals surface area contributed by atoms with Crippen LogP contribution in [-0.4, -0.2) is 31.5 Å². The number of hydrogen-bond acceptors (Lipinski definition) is 3. The first-order valence-corrected chi connectivity index (χ1v) is 9.03. The van der Waals surface area contributed by atoms with E-state index >= 15 is 0 Å². The van der Waals surface area contributed by atoms with Crippen LogP contribution in [0.3, 0.4) is 0 Å². The Labute approximate surface area is 153 Å². The van der Waals surface area contributed by atoms with Gasteiger partial charge in [0.1, 0.15) is 11.9 Å². The van der Waals surface area contributed by atoms with E-state index in [9.17, 15) is 9.59 Å². The molecular formula is C21H22N2O3. The quantitative estimate of drug-likeness (QED) is 0.902. The van der Waals surface area contributed by atoms with Crippen molar-refractivity contribution in [1.82, 2.24) is 5.32 Å². The van der Waals surface area contributed by atoms with Gasteiger partial charge in [0.15, 0.2) is 0 Å². The number of fused-ring (bicyclic) bond motifs is 1. The van der Waals surface area contributed by atoms with Gasteiger partial charge in [-0.05, 0) is 36.6 Å². The van der Waals surface area contributed by atoms with Crippen molar-refractivity contribution in [2.75, 3.05) is 18.5 Å². The van der Waals surface area contributed by atoms with Crippen molar-refractivity contribution in [3.05, 3.63) is 59.7 Å². The average Bonchev–Trinajstić information content (AvgIpc) is 3.44. The smallest absolute Gasteiger partial charge is 0.253 e. The lowest BCUT2D eigenvalue weighted by Gasteiger charge is -2.21. The molecule has 0 spiro atoms. The van der Waals surface area contributed by atoms with Crippen LogP contribution < -0.4 is 15.0 Å². The molecule has 1 heterocycles. The number of ether oxygens (including phenoxy) is 1. The zero-order valence-corrected chi connectivity index (χ0v) is 14.8. The topological polar surface area (TPSA) is 58.6 Å². The van der Waals surface area contributed by atoms with Gasteiger partial charge in [0.25, 0.3) is 5.91 Å². The standard InChI is InChI=1S/C21H22N2O3/c1-23(21(25)14-10-11-14)18-8-4-3-7-17(18)20(24)22-13-16-12-15-6-2-5-9-19(15)26-16/h2-9,14,16H,10-13H2,1H3,(H,22,24). The minimum Gasteiger partial charge on any atom is -0.488 e. The highest BCUT2D eigenvalue weighted by molar-refractivity contribution is 6.05. The minimum atomic E-state index is -0.185. The zero-order chi connectivity index (χ0) is 18.1. The molecule has 4 rings (SSSR count). The van der Waals surface area contributed by atoms with E-state index in [1.165, 1.54) is 5.56 Å². The first-order valence-electron chi connectivity index (χ1n) is 9.03. The third-order valence-corrected chi connectivity index (χ3v) is 4.97. The minimum absolute atomic E-state index is 0.0608. The predicted molar refractivity (Wildman–Crippen MR) is 99.5 cm³/mol. The molecule has 1 fully saturated rings. The summed E-state index contributed by atoms with van der Waals surface area (Å²) in [7, 11) is 1.74. The zero-order valence-electron chi connectivity index (χ0n) is 14.8. The van der Waals surface area contributed by atoms with Crippen LogP contribution >= 0.6 is 0 Å². The van der Waals surface area contributed by atoms with Crippen LogP contribution in [0.15, 0.2) is 48.5 Å². The van der Waals surface area contributed by atoms with Crippen molar-refractivity contribution in [1.29, 1.82) is 0 Å². The van der Waals surface area contributed by atoms with E-state index in [4.69, 9.17) is 4.74 Å². The molecule has 2 aromatic carbocycles. The van der Waals surface area contributed by atoms with E-state index in [1.54, 1.807) is 18.0 Å². The van der Waals surface area contributed by atoms with Gasteiger partial charge in [-0.3, -0.25) is 9.59 Å². The van der Waals surface area contributed by atoms with Crippen molar-refractivity contribution in [3.8, 4) is 5.75 Å². The summed E-state index contributed by atoms with van der Waals surface area (Å²) in [6, 6.07) is 15.2. The first kappa shape index (κ1) is 16.6. The molecule has 2 amide bonds. The highest BCUT2D eigenvalue weighted by Crippen LogP contribution is 2.33. The van der Waals surface area contributed by atoms with Crippen LogP contribution in [-0.2, 0) is 11.2 Å². The maximum absolute atomic E-state index is 12.7. The fourth-order valence-corrected chi connectivity index (χ4v) is 3.35. The molecule has 1 N–H and O–H groups in total. The Kier molecular flexibility index (Phi) is 4.37. The van der Waals surface area contributed by atoms with Crippen molar-refractivity contribution in [2.45, 2.75) is 25.4 Å². The summed E-state index contributed by atoms with van der Waals surface area (Å²) in [4.78, 5) is 26.7. The Balaban J connectivity index is 1.42. The molecule has 0 saturated heterocycles. The summed E-state index contributed by atoms with van der Waals surface area (Å²) in [5, 5.41) is 2.95. The molecule has 0 radical (unpaired) electrons. The average molecular weight is 350 g/mol. The number of carbonyl (C=O) groups is 2. The number of benzene rings is 2. The van der Waals surface area contributed by atoms with E-state index in [2.05, 4.69) is 5.32 Å². The van der Waals surface area contributed by atoms with E-state index in [-0.39, 0.29) is 23.8 Å². The molecule has 2 aliphatic rings. The molecule has 1 atom stereocenters. The summed E-state index contributed by atoms with van der Waals surface area (Å²) in [5.41, 5.74) is 2.33. The van der Waals surface area contributed by atoms with Gasteiger partial charge in [0, 0.05) is 19.4 Å². The summed E-state index contributed by atoms with van der Waals surface area (Å²) in [5.74, 6) is 0.902. The Morgan fingerprint density at radius 2 is 1.85 bits per heavy atom. The number of rotatable bonds is 5. The molecule has 0 aromatic heterocycles. The van der Waals surface area contributed by atoms with Crippen LogP contribution in [0.4, 0.5) is 5.69 Å². The van der Waals surface area contributed by atoms with Gasteiger partial charge in [-0.1, -0.05) is 30.3 Å². The fraction of sp³-hybridized carbons (Fsp3) is 0.333. The van der Waals surface area contributed by atoms with Crippen molar-refractivity contribution in [2.24, 2.45) is 5.92 Å². The largest absolute Gasteiger partial charge is 0.488 e. The van der Waals surface area contributed by atoms with Crippen molar-refractivity contribution in [3.63, 3.8) is 0 Å². The molecule has 1 aliphatic heterocycles. The van der Waals surface area contributed by atoms with Crippen LogP contribution in [0.2, 0.25) is 0 Å². The van der Waals surface area contributed by atoms with Gasteiger partial charge in [0.2, 0.25) is 5.91 Å². The molecule has 134 valence electrons. The lowest BCUT2D eigenvalue weighted by Crippen LogP contribution is -2.36. The maximum atomic E-state index is 12.7. The van der Waals surface area contributed by atoms with Gasteiger partial charge in [-0.25, -0.2) is 0 Å². The van der Waals surface area contributed by atoms with Crippen LogP contribution in [0.1, 0.15) is 28.8 Å². The van der Waals surface area contributed by atoms with Crippen LogP contribution in [0.25, 0.3) is 0 Å². The Bertz CT molecular complexity index is 820. The number of nitrogens with zero attached hydrogens (tertiary/aromatic N) is 1. The lowest BCUT2D eigenvalue weighted by molar-refractivity contribution is -0.119. The number of anilines is 1. The van der Waals surface area contributed by atoms with E-state index in [1.807, 2.05) is 42.5 Å². The second-order valence-electron chi connectivity index (χ2n) is 6.95. The number of nitrogens with one attached hydrogen (secondary N) is 1. The lowest BCUT2D eigenvalue weighted by atomic mass is 10.1. The predicted octanol–water partition coefficient (Wildman–Crippen LogP) is 2.79. The summed E-state index contributed by atoms with van der Waals surface area (Å²) in [6.07, 6.45) is 2.61. The Morgan fingerprint density at radius 3 is 2.62 bits per heavy atom. The SMILES string of the molecule is CN(C(=O)C1CC1)c1ccccc1C(=O)NCC1Cc2ccccc2O1. The third-order valence-electron chi connectivity index (χ3n) is 4.97. The maximum Gasteiger partial charge on any atom is 0.253 e. The fourth-order valence-electron chi connectivity index (χ4n) is 3.35. The molecule has 2 aromatic rings. The summed E-state index contributed by atoms with van der Waals surface area (Å²) >= 11 is 0. The Hall–Kier alpha value is -2.82. The van der Waals surface area contributed by atoms with Gasteiger partial charge >= 0.3 is 0 Å². The highest BCUT2D eigenvalue weighted by atomic mass is 16.5. The molecule has 1 unspecified atom stereocenters. The van der Waals surface area contributed by atoms with E-state index in [0.717, 1.165) is 25.0 Å². The second-order valence-corrected chi connectivity index (χ2v) is 6.95. The molecule has 0 bridgehead atoms. The second kappa shape index (κ2) is 6.83. The molecular weight excluding hydrogens is 328 g/mol. The van der Waals surface area contributed by atoms with Gasteiger partial charge in [-0.15, -0.1) is 0 Å². The van der Waals surface area contributed by atoms with E-state index in [0.29, 0.717) is 17.8 Å². The van der Waals surface area contributed by atoms with Gasteiger partial charge in [0.05, 0.1) is 17.8 Å². The molecule has 26 heavy (non-hydrogen) atoms. The summed E-state index contributed by atoms with van der Waals surface area (Å²) < 4.78 is 5.87. The third kappa shape index (κ3) is 3.29. The number of amides is 2. The number of hydrogen-bond donors (Lipinski definition) is 1. The molecule has 1 aliphatic carbocycles. The van der Waals surface area contributed by atoms with E-state index < -0.39 is 0 Å². The van der Waals surface area contributed by atoms with Crippen LogP contribution in [0, 0.1) is 5.92 Å². The normalized spacial score (nSPS) is 18.0. The van der Waals surface area contributed by atoms with Crippen molar-refractivity contribution < 1.29 is 14.3 Å². The van der Waals surface area contributed by atoms with Crippen molar-refractivity contribution >= 4 is 17.5 Å². The first-order chi connectivity index (χ1) is 12.6. The monoisotopic (exact) mass is 350 g/mol. The molecule has 1 saturated carbocycles.